The highest BCUT2D eigenvalue weighted by molar-refractivity contribution is 5.73. The lowest BCUT2D eigenvalue weighted by atomic mass is 10.1. The van der Waals surface area contributed by atoms with Crippen LogP contribution < -0.4 is 5.32 Å². The Kier molecular flexibility index (Phi) is 6.03. The van der Waals surface area contributed by atoms with Crippen molar-refractivity contribution in [3.05, 3.63) is 54.2 Å². The monoisotopic (exact) mass is 344 g/mol. The Morgan fingerprint density at radius 1 is 1.36 bits per heavy atom. The van der Waals surface area contributed by atoms with Crippen LogP contribution in [0.2, 0.25) is 0 Å². The Balaban J connectivity index is 1.60. The van der Waals surface area contributed by atoms with Crippen LogP contribution >= 0.6 is 0 Å². The van der Waals surface area contributed by atoms with Gasteiger partial charge in [0.1, 0.15) is 5.76 Å². The number of hydrogen-bond acceptors (Lipinski definition) is 5. The van der Waals surface area contributed by atoms with E-state index >= 15 is 0 Å². The van der Waals surface area contributed by atoms with Crippen LogP contribution in [0.15, 0.2) is 47.3 Å². The number of aromatic nitrogens is 1. The zero-order valence-electron chi connectivity index (χ0n) is 14.4. The van der Waals surface area contributed by atoms with Gasteiger partial charge in [0.25, 0.3) is 0 Å². The lowest BCUT2D eigenvalue weighted by molar-refractivity contribution is 0.0164. The first-order valence-corrected chi connectivity index (χ1v) is 8.47. The third-order valence-corrected chi connectivity index (χ3v) is 4.32. The molecule has 134 valence electrons. The molecule has 0 saturated carbocycles. The van der Waals surface area contributed by atoms with Gasteiger partial charge in [-0.05, 0) is 23.8 Å². The molecular weight excluding hydrogens is 320 g/mol. The average Bonchev–Trinajstić information content (AvgIpc) is 3.16. The summed E-state index contributed by atoms with van der Waals surface area (Å²) in [5.41, 5.74) is 1.10. The van der Waals surface area contributed by atoms with Crippen molar-refractivity contribution in [2.45, 2.75) is 12.6 Å². The minimum atomic E-state index is -0.126. The Morgan fingerprint density at radius 2 is 2.20 bits per heavy atom. The molecule has 0 bridgehead atoms. The number of urea groups is 1. The number of carbonyl (C=O) groups is 1. The third-order valence-electron chi connectivity index (χ3n) is 4.32. The number of carbonyl (C=O) groups excluding carboxylic acids is 1. The summed E-state index contributed by atoms with van der Waals surface area (Å²) >= 11 is 0. The molecule has 0 spiro atoms. The molecule has 7 nitrogen and oxygen atoms in total. The highest BCUT2D eigenvalue weighted by Gasteiger charge is 2.24. The van der Waals surface area contributed by atoms with Gasteiger partial charge in [0.15, 0.2) is 0 Å². The van der Waals surface area contributed by atoms with Crippen molar-refractivity contribution >= 4 is 6.03 Å². The summed E-state index contributed by atoms with van der Waals surface area (Å²) in [6.07, 6.45) is 5.23. The molecule has 0 radical (unpaired) electrons. The smallest absolute Gasteiger partial charge is 0.317 e. The molecule has 3 heterocycles. The predicted octanol–water partition coefficient (Wildman–Crippen LogP) is 1.89. The van der Waals surface area contributed by atoms with Crippen LogP contribution in [0.3, 0.4) is 0 Å². The van der Waals surface area contributed by atoms with E-state index in [4.69, 9.17) is 9.15 Å². The largest absolute Gasteiger partial charge is 0.467 e. The molecule has 0 unspecified atom stereocenters. The van der Waals surface area contributed by atoms with Crippen LogP contribution in [0.25, 0.3) is 0 Å². The van der Waals surface area contributed by atoms with E-state index < -0.39 is 0 Å². The van der Waals surface area contributed by atoms with Gasteiger partial charge >= 0.3 is 6.03 Å². The second-order valence-electron chi connectivity index (χ2n) is 6.07. The van der Waals surface area contributed by atoms with E-state index in [1.165, 1.54) is 0 Å². The minimum Gasteiger partial charge on any atom is -0.467 e. The van der Waals surface area contributed by atoms with Gasteiger partial charge in [0.05, 0.1) is 32.1 Å². The first-order chi connectivity index (χ1) is 12.2. The van der Waals surface area contributed by atoms with E-state index in [0.29, 0.717) is 26.3 Å². The first kappa shape index (κ1) is 17.4. The van der Waals surface area contributed by atoms with Gasteiger partial charge in [0, 0.05) is 39.1 Å². The fourth-order valence-corrected chi connectivity index (χ4v) is 2.95. The lowest BCUT2D eigenvalue weighted by Gasteiger charge is -2.35. The van der Waals surface area contributed by atoms with Crippen molar-refractivity contribution in [3.8, 4) is 0 Å². The van der Waals surface area contributed by atoms with Crippen LogP contribution in [0.1, 0.15) is 17.4 Å². The highest BCUT2D eigenvalue weighted by Crippen LogP contribution is 2.20. The Hall–Kier alpha value is -2.38. The molecule has 1 N–H and O–H groups in total. The normalized spacial score (nSPS) is 16.4. The minimum absolute atomic E-state index is 0.0820. The first-order valence-electron chi connectivity index (χ1n) is 8.47. The van der Waals surface area contributed by atoms with Gasteiger partial charge < -0.3 is 19.4 Å². The van der Waals surface area contributed by atoms with E-state index in [2.05, 4.69) is 15.2 Å². The molecule has 2 aromatic heterocycles. The zero-order valence-corrected chi connectivity index (χ0v) is 14.4. The predicted molar refractivity (Wildman–Crippen MR) is 92.9 cm³/mol. The maximum absolute atomic E-state index is 12.4. The molecule has 1 aliphatic heterocycles. The lowest BCUT2D eigenvalue weighted by Crippen LogP contribution is -2.46. The van der Waals surface area contributed by atoms with E-state index in [0.717, 1.165) is 24.4 Å². The second kappa shape index (κ2) is 8.64. The molecule has 1 fully saturated rings. The molecule has 7 heteroatoms. The van der Waals surface area contributed by atoms with Crippen LogP contribution in [0.5, 0.6) is 0 Å². The summed E-state index contributed by atoms with van der Waals surface area (Å²) in [5.74, 6) is 0.759. The summed E-state index contributed by atoms with van der Waals surface area (Å²) in [7, 11) is 1.76. The van der Waals surface area contributed by atoms with Gasteiger partial charge in [-0.2, -0.15) is 0 Å². The van der Waals surface area contributed by atoms with Crippen LogP contribution in [-0.2, 0) is 11.3 Å². The van der Waals surface area contributed by atoms with E-state index in [1.54, 1.807) is 24.4 Å². The quantitative estimate of drug-likeness (QED) is 0.866. The Morgan fingerprint density at radius 3 is 2.88 bits per heavy atom. The summed E-state index contributed by atoms with van der Waals surface area (Å²) in [4.78, 5) is 20.6. The van der Waals surface area contributed by atoms with Gasteiger partial charge in [-0.25, -0.2) is 4.79 Å². The van der Waals surface area contributed by atoms with Gasteiger partial charge in [0.2, 0.25) is 0 Å². The maximum atomic E-state index is 12.4. The van der Waals surface area contributed by atoms with Crippen LogP contribution in [0.4, 0.5) is 4.79 Å². The molecular formula is C18H24N4O3. The topological polar surface area (TPSA) is 70.8 Å². The van der Waals surface area contributed by atoms with Crippen molar-refractivity contribution in [1.82, 2.24) is 20.1 Å². The maximum Gasteiger partial charge on any atom is 0.317 e. The SMILES string of the molecule is CN(Cc1ccco1)C(=O)NC[C@H](c1cccnc1)N1CCOCC1. The van der Waals surface area contributed by atoms with Crippen molar-refractivity contribution < 1.29 is 13.9 Å². The van der Waals surface area contributed by atoms with Gasteiger partial charge in [-0.1, -0.05) is 6.07 Å². The van der Waals surface area contributed by atoms with Crippen LogP contribution in [0, 0.1) is 0 Å². The summed E-state index contributed by atoms with van der Waals surface area (Å²) in [6.45, 7) is 4.07. The number of amides is 2. The second-order valence-corrected chi connectivity index (χ2v) is 6.07. The molecule has 3 rings (SSSR count). The molecule has 2 amide bonds. The molecule has 25 heavy (non-hydrogen) atoms. The molecule has 2 aromatic rings. The third kappa shape index (κ3) is 4.80. The number of ether oxygens (including phenoxy) is 1. The number of pyridine rings is 1. The van der Waals surface area contributed by atoms with Gasteiger partial charge in [-0.3, -0.25) is 9.88 Å². The zero-order chi connectivity index (χ0) is 17.5. The van der Waals surface area contributed by atoms with Crippen molar-refractivity contribution in [2.24, 2.45) is 0 Å². The molecule has 1 saturated heterocycles. The summed E-state index contributed by atoms with van der Waals surface area (Å²) < 4.78 is 10.7. The highest BCUT2D eigenvalue weighted by atomic mass is 16.5. The number of rotatable bonds is 6. The van der Waals surface area contributed by atoms with E-state index in [1.807, 2.05) is 30.5 Å². The molecule has 1 aliphatic rings. The Labute approximate surface area is 147 Å². The van der Waals surface area contributed by atoms with Crippen molar-refractivity contribution in [3.63, 3.8) is 0 Å². The molecule has 0 aliphatic carbocycles. The Bertz CT molecular complexity index is 642. The summed E-state index contributed by atoms with van der Waals surface area (Å²) in [6, 6.07) is 7.60. The van der Waals surface area contributed by atoms with Crippen molar-refractivity contribution in [1.29, 1.82) is 0 Å². The summed E-state index contributed by atoms with van der Waals surface area (Å²) in [5, 5.41) is 3.03. The van der Waals surface area contributed by atoms with Gasteiger partial charge in [-0.15, -0.1) is 0 Å². The average molecular weight is 344 g/mol. The number of morpholine rings is 1. The number of furan rings is 1. The van der Waals surface area contributed by atoms with Crippen molar-refractivity contribution in [2.75, 3.05) is 39.9 Å². The fourth-order valence-electron chi connectivity index (χ4n) is 2.95. The fraction of sp³-hybridized carbons (Fsp3) is 0.444. The number of hydrogen-bond donors (Lipinski definition) is 1. The molecule has 0 aromatic carbocycles. The number of nitrogens with one attached hydrogen (secondary N) is 1. The van der Waals surface area contributed by atoms with E-state index in [-0.39, 0.29) is 12.1 Å². The molecule has 1 atom stereocenters. The standard InChI is InChI=1S/C18H24N4O3/c1-21(14-16-5-3-9-25-16)18(23)20-13-17(15-4-2-6-19-12-15)22-7-10-24-11-8-22/h2-6,9,12,17H,7-8,10-11,13-14H2,1H3,(H,20,23)/t17-/m1/s1. The van der Waals surface area contributed by atoms with Crippen LogP contribution in [-0.4, -0.2) is 60.7 Å². The van der Waals surface area contributed by atoms with E-state index in [9.17, 15) is 4.79 Å². The number of nitrogens with zero attached hydrogens (tertiary/aromatic N) is 3.